The molecule has 0 aliphatic rings. The molecular weight excluding hydrogens is 266 g/mol. The van der Waals surface area contributed by atoms with Crippen LogP contribution in [0.15, 0.2) is 34.2 Å². The largest absolute Gasteiger partial charge is 0.192 e. The molecule has 20 heavy (non-hydrogen) atoms. The van der Waals surface area contributed by atoms with Crippen molar-refractivity contribution in [2.24, 2.45) is 0 Å². The van der Waals surface area contributed by atoms with Crippen molar-refractivity contribution in [3.05, 3.63) is 46.6 Å². The number of aryl methyl sites for hydroxylation is 2. The van der Waals surface area contributed by atoms with E-state index in [-0.39, 0.29) is 0 Å². The average Bonchev–Trinajstić information content (AvgIpc) is 2.46. The van der Waals surface area contributed by atoms with Crippen molar-refractivity contribution in [2.75, 3.05) is 0 Å². The topological polar surface area (TPSA) is 49.6 Å². The van der Waals surface area contributed by atoms with Crippen LogP contribution in [0, 0.1) is 18.3 Å². The summed E-state index contributed by atoms with van der Waals surface area (Å²) in [4.78, 5) is 1.09. The second kappa shape index (κ2) is 6.53. The number of nitrogens with zero attached hydrogens (tertiary/aromatic N) is 3. The van der Waals surface area contributed by atoms with Crippen molar-refractivity contribution in [2.45, 2.75) is 43.5 Å². The first-order chi connectivity index (χ1) is 9.69. The third-order valence-corrected chi connectivity index (χ3v) is 4.10. The van der Waals surface area contributed by atoms with Crippen molar-refractivity contribution < 1.29 is 0 Å². The highest BCUT2D eigenvalue weighted by atomic mass is 32.2. The molecule has 0 aliphatic heterocycles. The van der Waals surface area contributed by atoms with Gasteiger partial charge >= 0.3 is 0 Å². The van der Waals surface area contributed by atoms with E-state index in [1.807, 2.05) is 19.1 Å². The lowest BCUT2D eigenvalue weighted by atomic mass is 10.1. The third-order valence-electron chi connectivity index (χ3n) is 3.13. The first kappa shape index (κ1) is 14.5. The van der Waals surface area contributed by atoms with E-state index in [0.29, 0.717) is 10.6 Å². The quantitative estimate of drug-likeness (QED) is 0.853. The molecule has 3 nitrogen and oxygen atoms in total. The van der Waals surface area contributed by atoms with E-state index >= 15 is 0 Å². The SMILES string of the molecule is CCc1nnc(Sc2cccc(C)c2)c(C#N)c1CC. The van der Waals surface area contributed by atoms with Gasteiger partial charge in [0.2, 0.25) is 0 Å². The molecule has 1 aromatic heterocycles. The van der Waals surface area contributed by atoms with Gasteiger partial charge < -0.3 is 0 Å². The fraction of sp³-hybridized carbons (Fsp3) is 0.312. The minimum atomic E-state index is 0.672. The number of nitriles is 1. The van der Waals surface area contributed by atoms with Crippen LogP contribution in [0.2, 0.25) is 0 Å². The van der Waals surface area contributed by atoms with Gasteiger partial charge in [0.1, 0.15) is 11.1 Å². The summed E-state index contributed by atoms with van der Waals surface area (Å²) in [6.45, 7) is 6.15. The van der Waals surface area contributed by atoms with Crippen LogP contribution in [0.1, 0.15) is 36.2 Å². The zero-order valence-electron chi connectivity index (χ0n) is 12.0. The van der Waals surface area contributed by atoms with Gasteiger partial charge in [0.05, 0.1) is 11.3 Å². The van der Waals surface area contributed by atoms with Crippen molar-refractivity contribution in [1.29, 1.82) is 5.26 Å². The maximum Gasteiger partial charge on any atom is 0.142 e. The highest BCUT2D eigenvalue weighted by Crippen LogP contribution is 2.31. The van der Waals surface area contributed by atoms with Crippen molar-refractivity contribution in [1.82, 2.24) is 10.2 Å². The predicted octanol–water partition coefficient (Wildman–Crippen LogP) is 3.93. The van der Waals surface area contributed by atoms with Crippen LogP contribution in [0.25, 0.3) is 0 Å². The lowest BCUT2D eigenvalue weighted by Crippen LogP contribution is -2.04. The predicted molar refractivity (Wildman–Crippen MR) is 80.8 cm³/mol. The van der Waals surface area contributed by atoms with E-state index in [1.54, 1.807) is 0 Å². The minimum Gasteiger partial charge on any atom is -0.192 e. The first-order valence-electron chi connectivity index (χ1n) is 6.72. The summed E-state index contributed by atoms with van der Waals surface area (Å²) in [6.07, 6.45) is 1.61. The van der Waals surface area contributed by atoms with Gasteiger partial charge in [-0.1, -0.05) is 43.3 Å². The Morgan fingerprint density at radius 3 is 2.60 bits per heavy atom. The average molecular weight is 283 g/mol. The van der Waals surface area contributed by atoms with Crippen LogP contribution in [-0.4, -0.2) is 10.2 Å². The van der Waals surface area contributed by atoms with Crippen LogP contribution in [-0.2, 0) is 12.8 Å². The maximum atomic E-state index is 9.45. The van der Waals surface area contributed by atoms with Gasteiger partial charge in [-0.15, -0.1) is 5.10 Å². The highest BCUT2D eigenvalue weighted by molar-refractivity contribution is 7.99. The molecule has 0 spiro atoms. The van der Waals surface area contributed by atoms with E-state index < -0.39 is 0 Å². The van der Waals surface area contributed by atoms with Gasteiger partial charge in [0, 0.05) is 4.90 Å². The van der Waals surface area contributed by atoms with Crippen LogP contribution in [0.5, 0.6) is 0 Å². The van der Waals surface area contributed by atoms with Crippen LogP contribution < -0.4 is 0 Å². The Balaban J connectivity index is 2.45. The Morgan fingerprint density at radius 2 is 2.00 bits per heavy atom. The minimum absolute atomic E-state index is 0.672. The summed E-state index contributed by atoms with van der Waals surface area (Å²) in [7, 11) is 0. The summed E-state index contributed by atoms with van der Waals surface area (Å²) in [5.74, 6) is 0. The van der Waals surface area contributed by atoms with Crippen LogP contribution in [0.4, 0.5) is 0 Å². The molecule has 1 aromatic carbocycles. The summed E-state index contributed by atoms with van der Waals surface area (Å²) in [6, 6.07) is 10.5. The van der Waals surface area contributed by atoms with Gasteiger partial charge in [0.25, 0.3) is 0 Å². The standard InChI is InChI=1S/C16H17N3S/c1-4-13-14(10-17)16(19-18-15(13)5-2)20-12-8-6-7-11(3)9-12/h6-9H,4-5H2,1-3H3. The fourth-order valence-corrected chi connectivity index (χ4v) is 3.10. The summed E-state index contributed by atoms with van der Waals surface area (Å²) in [5.41, 5.74) is 3.83. The molecule has 2 aromatic rings. The molecule has 0 aliphatic carbocycles. The molecule has 0 bridgehead atoms. The molecule has 0 amide bonds. The number of benzene rings is 1. The van der Waals surface area contributed by atoms with Crippen LogP contribution in [0.3, 0.4) is 0 Å². The Morgan fingerprint density at radius 1 is 1.20 bits per heavy atom. The number of hydrogen-bond acceptors (Lipinski definition) is 4. The van der Waals surface area contributed by atoms with Crippen molar-refractivity contribution in [3.8, 4) is 6.07 Å². The van der Waals surface area contributed by atoms with Crippen molar-refractivity contribution in [3.63, 3.8) is 0 Å². The Labute approximate surface area is 124 Å². The smallest absolute Gasteiger partial charge is 0.142 e. The van der Waals surface area contributed by atoms with Gasteiger partial charge in [-0.2, -0.15) is 10.4 Å². The number of aromatic nitrogens is 2. The zero-order chi connectivity index (χ0) is 14.5. The van der Waals surface area contributed by atoms with E-state index in [1.165, 1.54) is 17.3 Å². The van der Waals surface area contributed by atoms with Crippen molar-refractivity contribution >= 4 is 11.8 Å². The Bertz CT molecular complexity index is 659. The molecule has 0 saturated carbocycles. The Kier molecular flexibility index (Phi) is 4.75. The normalized spacial score (nSPS) is 10.3. The van der Waals surface area contributed by atoms with Gasteiger partial charge in [-0.05, 0) is 37.5 Å². The molecule has 2 rings (SSSR count). The molecule has 0 unspecified atom stereocenters. The van der Waals surface area contributed by atoms with E-state index in [4.69, 9.17) is 0 Å². The first-order valence-corrected chi connectivity index (χ1v) is 7.54. The summed E-state index contributed by atoms with van der Waals surface area (Å²) >= 11 is 1.51. The van der Waals surface area contributed by atoms with E-state index in [0.717, 1.165) is 29.0 Å². The fourth-order valence-electron chi connectivity index (χ4n) is 2.13. The molecule has 0 atom stereocenters. The molecule has 4 heteroatoms. The molecular formula is C16H17N3S. The maximum absolute atomic E-state index is 9.45. The molecule has 0 saturated heterocycles. The summed E-state index contributed by atoms with van der Waals surface area (Å²) in [5, 5.41) is 18.7. The lowest BCUT2D eigenvalue weighted by Gasteiger charge is -2.10. The third kappa shape index (κ3) is 3.00. The molecule has 102 valence electrons. The lowest BCUT2D eigenvalue weighted by molar-refractivity contribution is 0.818. The van der Waals surface area contributed by atoms with E-state index in [9.17, 15) is 5.26 Å². The van der Waals surface area contributed by atoms with E-state index in [2.05, 4.69) is 42.2 Å². The number of rotatable bonds is 4. The van der Waals surface area contributed by atoms with Gasteiger partial charge in [-0.3, -0.25) is 0 Å². The molecule has 1 heterocycles. The monoisotopic (exact) mass is 283 g/mol. The molecule has 0 N–H and O–H groups in total. The summed E-state index contributed by atoms with van der Waals surface area (Å²) < 4.78 is 0. The van der Waals surface area contributed by atoms with Crippen LogP contribution >= 0.6 is 11.8 Å². The van der Waals surface area contributed by atoms with Gasteiger partial charge in [0.15, 0.2) is 0 Å². The molecule has 0 radical (unpaired) electrons. The highest BCUT2D eigenvalue weighted by Gasteiger charge is 2.15. The second-order valence-corrected chi connectivity index (χ2v) is 5.61. The zero-order valence-corrected chi connectivity index (χ0v) is 12.8. The number of hydrogen-bond donors (Lipinski definition) is 0. The molecule has 0 fully saturated rings. The second-order valence-electron chi connectivity index (χ2n) is 4.54. The Hall–Kier alpha value is -1.86. The van der Waals surface area contributed by atoms with Gasteiger partial charge in [-0.25, -0.2) is 0 Å².